The van der Waals surface area contributed by atoms with Crippen LogP contribution < -0.4 is 0 Å². The molecule has 0 saturated carbocycles. The Kier molecular flexibility index (Phi) is 2.74. The van der Waals surface area contributed by atoms with Crippen molar-refractivity contribution in [1.82, 2.24) is 4.98 Å². The van der Waals surface area contributed by atoms with Gasteiger partial charge in [0.25, 0.3) is 0 Å². The number of rotatable bonds is 2. The molecule has 102 valence electrons. The number of benzene rings is 2. The highest BCUT2D eigenvalue weighted by atomic mass is 16.3. The zero-order valence-electron chi connectivity index (χ0n) is 11.8. The van der Waals surface area contributed by atoms with Gasteiger partial charge in [0.1, 0.15) is 5.58 Å². The molecule has 2 heterocycles. The SMILES string of the molecule is CCc1cccc(-c2cccc3c2oc2cnccc23)c1. The Balaban J connectivity index is 2.04. The molecule has 0 radical (unpaired) electrons. The maximum atomic E-state index is 6.05. The summed E-state index contributed by atoms with van der Waals surface area (Å²) < 4.78 is 6.05. The van der Waals surface area contributed by atoms with Gasteiger partial charge in [0.05, 0.1) is 6.20 Å². The third kappa shape index (κ3) is 1.91. The Bertz CT molecular complexity index is 937. The summed E-state index contributed by atoms with van der Waals surface area (Å²) in [6.07, 6.45) is 4.62. The molecule has 2 aromatic heterocycles. The van der Waals surface area contributed by atoms with Crippen LogP contribution in [-0.4, -0.2) is 4.98 Å². The van der Waals surface area contributed by atoms with Crippen LogP contribution in [0.3, 0.4) is 0 Å². The number of pyridine rings is 1. The van der Waals surface area contributed by atoms with Gasteiger partial charge in [0.2, 0.25) is 0 Å². The van der Waals surface area contributed by atoms with Crippen molar-refractivity contribution in [1.29, 1.82) is 0 Å². The highest BCUT2D eigenvalue weighted by Gasteiger charge is 2.11. The molecule has 0 aliphatic rings. The number of hydrogen-bond acceptors (Lipinski definition) is 2. The van der Waals surface area contributed by atoms with Crippen molar-refractivity contribution >= 4 is 21.9 Å². The molecule has 2 heteroatoms. The Morgan fingerprint density at radius 2 is 1.90 bits per heavy atom. The van der Waals surface area contributed by atoms with Gasteiger partial charge in [-0.3, -0.25) is 4.98 Å². The highest BCUT2D eigenvalue weighted by molar-refractivity contribution is 6.09. The minimum atomic E-state index is 0.839. The normalized spacial score (nSPS) is 11.3. The summed E-state index contributed by atoms with van der Waals surface area (Å²) in [5, 5.41) is 2.26. The fourth-order valence-corrected chi connectivity index (χ4v) is 2.84. The zero-order chi connectivity index (χ0) is 14.2. The molecule has 4 aromatic rings. The second kappa shape index (κ2) is 4.74. The summed E-state index contributed by atoms with van der Waals surface area (Å²) in [6, 6.07) is 17.0. The third-order valence-corrected chi connectivity index (χ3v) is 3.95. The van der Waals surface area contributed by atoms with Crippen LogP contribution in [0.4, 0.5) is 0 Å². The van der Waals surface area contributed by atoms with Gasteiger partial charge in [-0.2, -0.15) is 0 Å². The van der Waals surface area contributed by atoms with E-state index in [1.165, 1.54) is 11.1 Å². The molecule has 0 atom stereocenters. The van der Waals surface area contributed by atoms with E-state index in [2.05, 4.69) is 54.4 Å². The number of fused-ring (bicyclic) bond motifs is 3. The Morgan fingerprint density at radius 3 is 2.81 bits per heavy atom. The van der Waals surface area contributed by atoms with Gasteiger partial charge in [0.15, 0.2) is 5.58 Å². The second-order valence-electron chi connectivity index (χ2n) is 5.21. The van der Waals surface area contributed by atoms with Crippen LogP contribution in [0.5, 0.6) is 0 Å². The molecule has 0 aliphatic heterocycles. The molecule has 0 spiro atoms. The topological polar surface area (TPSA) is 26.0 Å². The fourth-order valence-electron chi connectivity index (χ4n) is 2.84. The molecule has 0 saturated heterocycles. The van der Waals surface area contributed by atoms with E-state index in [4.69, 9.17) is 4.42 Å². The van der Waals surface area contributed by atoms with Crippen LogP contribution in [-0.2, 0) is 6.42 Å². The molecular weight excluding hydrogens is 258 g/mol. The van der Waals surface area contributed by atoms with Crippen LogP contribution in [0.15, 0.2) is 65.3 Å². The Hall–Kier alpha value is -2.61. The summed E-state index contributed by atoms with van der Waals surface area (Å²) in [7, 11) is 0. The number of nitrogens with zero attached hydrogens (tertiary/aromatic N) is 1. The van der Waals surface area contributed by atoms with E-state index < -0.39 is 0 Å². The van der Waals surface area contributed by atoms with E-state index in [0.717, 1.165) is 33.9 Å². The minimum Gasteiger partial charge on any atom is -0.454 e. The number of hydrogen-bond donors (Lipinski definition) is 0. The molecule has 0 aliphatic carbocycles. The average Bonchev–Trinajstić information content (AvgIpc) is 2.93. The van der Waals surface area contributed by atoms with Crippen LogP contribution in [0.25, 0.3) is 33.1 Å². The molecule has 0 N–H and O–H groups in total. The zero-order valence-corrected chi connectivity index (χ0v) is 11.8. The third-order valence-electron chi connectivity index (χ3n) is 3.95. The maximum absolute atomic E-state index is 6.05. The molecule has 0 amide bonds. The van der Waals surface area contributed by atoms with E-state index in [-0.39, 0.29) is 0 Å². The van der Waals surface area contributed by atoms with Crippen molar-refractivity contribution < 1.29 is 4.42 Å². The monoisotopic (exact) mass is 273 g/mol. The van der Waals surface area contributed by atoms with Crippen LogP contribution in [0.2, 0.25) is 0 Å². The smallest absolute Gasteiger partial charge is 0.153 e. The predicted octanol–water partition coefficient (Wildman–Crippen LogP) is 5.21. The molecule has 2 aromatic carbocycles. The largest absolute Gasteiger partial charge is 0.454 e. The van der Waals surface area contributed by atoms with Crippen molar-refractivity contribution in [2.45, 2.75) is 13.3 Å². The van der Waals surface area contributed by atoms with Crippen LogP contribution >= 0.6 is 0 Å². The lowest BCUT2D eigenvalue weighted by Gasteiger charge is -2.04. The van der Waals surface area contributed by atoms with Gasteiger partial charge in [-0.25, -0.2) is 0 Å². The first-order valence-electron chi connectivity index (χ1n) is 7.21. The summed E-state index contributed by atoms with van der Waals surface area (Å²) in [5.74, 6) is 0. The van der Waals surface area contributed by atoms with E-state index >= 15 is 0 Å². The molecule has 0 fully saturated rings. The summed E-state index contributed by atoms with van der Waals surface area (Å²) >= 11 is 0. The Morgan fingerprint density at radius 1 is 1.00 bits per heavy atom. The van der Waals surface area contributed by atoms with Gasteiger partial charge in [-0.15, -0.1) is 0 Å². The quantitative estimate of drug-likeness (QED) is 0.501. The lowest BCUT2D eigenvalue weighted by atomic mass is 10.00. The number of aromatic nitrogens is 1. The van der Waals surface area contributed by atoms with Gasteiger partial charge in [0, 0.05) is 22.5 Å². The lowest BCUT2D eigenvalue weighted by Crippen LogP contribution is -1.83. The van der Waals surface area contributed by atoms with E-state index in [0.29, 0.717) is 0 Å². The molecule has 0 unspecified atom stereocenters. The fraction of sp³-hybridized carbons (Fsp3) is 0.105. The predicted molar refractivity (Wildman–Crippen MR) is 86.3 cm³/mol. The number of para-hydroxylation sites is 1. The van der Waals surface area contributed by atoms with Gasteiger partial charge < -0.3 is 4.42 Å². The molecule has 21 heavy (non-hydrogen) atoms. The molecule has 0 bridgehead atoms. The highest BCUT2D eigenvalue weighted by Crippen LogP contribution is 2.35. The molecular formula is C19H15NO. The van der Waals surface area contributed by atoms with Gasteiger partial charge >= 0.3 is 0 Å². The maximum Gasteiger partial charge on any atom is 0.153 e. The van der Waals surface area contributed by atoms with Crippen molar-refractivity contribution in [3.8, 4) is 11.1 Å². The summed E-state index contributed by atoms with van der Waals surface area (Å²) in [6.45, 7) is 2.17. The standard InChI is InChI=1S/C19H15NO/c1-2-13-5-3-6-14(11-13)15-7-4-8-17-16-9-10-20-12-18(16)21-19(15)17/h3-12H,2H2,1H3. The first-order chi connectivity index (χ1) is 10.4. The number of furan rings is 1. The van der Waals surface area contributed by atoms with E-state index in [1.54, 1.807) is 6.20 Å². The van der Waals surface area contributed by atoms with E-state index in [9.17, 15) is 0 Å². The lowest BCUT2D eigenvalue weighted by molar-refractivity contribution is 0.668. The average molecular weight is 273 g/mol. The minimum absolute atomic E-state index is 0.839. The number of aryl methyl sites for hydroxylation is 1. The van der Waals surface area contributed by atoms with Crippen molar-refractivity contribution in [2.75, 3.05) is 0 Å². The molecule has 4 rings (SSSR count). The first-order valence-corrected chi connectivity index (χ1v) is 7.21. The first kappa shape index (κ1) is 12.2. The summed E-state index contributed by atoms with van der Waals surface area (Å²) in [5.41, 5.74) is 5.45. The Labute approximate surface area is 123 Å². The van der Waals surface area contributed by atoms with Gasteiger partial charge in [-0.05, 0) is 23.6 Å². The molecule has 2 nitrogen and oxygen atoms in total. The summed E-state index contributed by atoms with van der Waals surface area (Å²) in [4.78, 5) is 4.14. The second-order valence-corrected chi connectivity index (χ2v) is 5.21. The van der Waals surface area contributed by atoms with Gasteiger partial charge in [-0.1, -0.05) is 49.4 Å². The van der Waals surface area contributed by atoms with Crippen molar-refractivity contribution in [3.63, 3.8) is 0 Å². The van der Waals surface area contributed by atoms with Crippen molar-refractivity contribution in [2.24, 2.45) is 0 Å². The van der Waals surface area contributed by atoms with Crippen LogP contribution in [0.1, 0.15) is 12.5 Å². The van der Waals surface area contributed by atoms with Crippen molar-refractivity contribution in [3.05, 3.63) is 66.5 Å². The van der Waals surface area contributed by atoms with Crippen LogP contribution in [0, 0.1) is 0 Å². The van der Waals surface area contributed by atoms with E-state index in [1.807, 2.05) is 12.3 Å².